The Morgan fingerprint density at radius 1 is 1.12 bits per heavy atom. The highest BCUT2D eigenvalue weighted by molar-refractivity contribution is 7.91. The predicted octanol–water partition coefficient (Wildman–Crippen LogP) is 1.59. The quantitative estimate of drug-likeness (QED) is 0.552. The molecule has 0 spiro atoms. The summed E-state index contributed by atoms with van der Waals surface area (Å²) in [4.78, 5) is 10.6. The van der Waals surface area contributed by atoms with E-state index >= 15 is 0 Å². The molecule has 0 radical (unpaired) electrons. The summed E-state index contributed by atoms with van der Waals surface area (Å²) in [6.07, 6.45) is 2.86. The molecule has 96 valence electrons. The molecule has 4 nitrogen and oxygen atoms in total. The largest absolute Gasteiger partial charge is 0.380 e. The van der Waals surface area contributed by atoms with Crippen LogP contribution in [0.15, 0.2) is 0 Å². The summed E-state index contributed by atoms with van der Waals surface area (Å²) in [5, 5.41) is 0. The van der Waals surface area contributed by atoms with Gasteiger partial charge in [-0.05, 0) is 26.2 Å². The number of rotatable bonds is 10. The molecular weight excluding hydrogens is 228 g/mol. The standard InChI is InChI=1S/C11H22O4S/c1-3-9-16(13,14)10-8-15-7-5-4-6-11(2)12/h3-10H2,1-2H3. The molecule has 0 fully saturated rings. The van der Waals surface area contributed by atoms with Crippen LogP contribution in [0.1, 0.15) is 39.5 Å². The van der Waals surface area contributed by atoms with Gasteiger partial charge in [-0.1, -0.05) is 6.92 Å². The first-order chi connectivity index (χ1) is 7.48. The van der Waals surface area contributed by atoms with Gasteiger partial charge < -0.3 is 9.53 Å². The van der Waals surface area contributed by atoms with Crippen LogP contribution in [-0.4, -0.2) is 38.9 Å². The Balaban J connectivity index is 3.37. The van der Waals surface area contributed by atoms with Crippen molar-refractivity contribution in [3.63, 3.8) is 0 Å². The van der Waals surface area contributed by atoms with E-state index in [1.165, 1.54) is 0 Å². The lowest BCUT2D eigenvalue weighted by molar-refractivity contribution is -0.117. The smallest absolute Gasteiger partial charge is 0.152 e. The second-order valence-electron chi connectivity index (χ2n) is 3.92. The SMILES string of the molecule is CCCS(=O)(=O)CCOCCCCC(C)=O. The highest BCUT2D eigenvalue weighted by Crippen LogP contribution is 1.98. The van der Waals surface area contributed by atoms with Crippen LogP contribution < -0.4 is 0 Å². The second kappa shape index (κ2) is 8.70. The van der Waals surface area contributed by atoms with Gasteiger partial charge in [-0.2, -0.15) is 0 Å². The van der Waals surface area contributed by atoms with Crippen molar-refractivity contribution in [2.75, 3.05) is 24.7 Å². The van der Waals surface area contributed by atoms with E-state index in [1.54, 1.807) is 6.92 Å². The molecule has 16 heavy (non-hydrogen) atoms. The lowest BCUT2D eigenvalue weighted by Gasteiger charge is -2.04. The number of carbonyl (C=O) groups is 1. The summed E-state index contributed by atoms with van der Waals surface area (Å²) < 4.78 is 27.8. The van der Waals surface area contributed by atoms with Crippen molar-refractivity contribution < 1.29 is 17.9 Å². The molecule has 0 aliphatic carbocycles. The van der Waals surface area contributed by atoms with Crippen LogP contribution >= 0.6 is 0 Å². The van der Waals surface area contributed by atoms with Crippen molar-refractivity contribution in [2.45, 2.75) is 39.5 Å². The van der Waals surface area contributed by atoms with Crippen LogP contribution in [0.25, 0.3) is 0 Å². The molecule has 0 rings (SSSR count). The summed E-state index contributed by atoms with van der Waals surface area (Å²) in [5.74, 6) is 0.527. The average Bonchev–Trinajstić information content (AvgIpc) is 2.15. The molecule has 0 aromatic rings. The van der Waals surface area contributed by atoms with Gasteiger partial charge in [0, 0.05) is 18.8 Å². The van der Waals surface area contributed by atoms with Crippen molar-refractivity contribution in [3.05, 3.63) is 0 Å². The number of Topliss-reactive ketones (excluding diaryl/α,β-unsaturated/α-hetero) is 1. The third kappa shape index (κ3) is 10.1. The Morgan fingerprint density at radius 3 is 2.38 bits per heavy atom. The molecule has 5 heteroatoms. The molecule has 0 amide bonds. The molecule has 0 saturated heterocycles. The topological polar surface area (TPSA) is 60.4 Å². The maximum absolute atomic E-state index is 11.3. The zero-order chi connectivity index (χ0) is 12.4. The van der Waals surface area contributed by atoms with Gasteiger partial charge in [0.15, 0.2) is 9.84 Å². The van der Waals surface area contributed by atoms with Gasteiger partial charge in [0.25, 0.3) is 0 Å². The van der Waals surface area contributed by atoms with Gasteiger partial charge in [0.2, 0.25) is 0 Å². The Kier molecular flexibility index (Phi) is 8.47. The van der Waals surface area contributed by atoms with E-state index in [1.807, 2.05) is 6.92 Å². The average molecular weight is 250 g/mol. The summed E-state index contributed by atoms with van der Waals surface area (Å²) in [7, 11) is -2.92. The molecule has 0 atom stereocenters. The highest BCUT2D eigenvalue weighted by atomic mass is 32.2. The van der Waals surface area contributed by atoms with Crippen LogP contribution in [0.3, 0.4) is 0 Å². The second-order valence-corrected chi connectivity index (χ2v) is 6.23. The van der Waals surface area contributed by atoms with E-state index in [0.717, 1.165) is 12.8 Å². The lowest BCUT2D eigenvalue weighted by atomic mass is 10.2. The summed E-state index contributed by atoms with van der Waals surface area (Å²) in [6.45, 7) is 4.22. The zero-order valence-electron chi connectivity index (χ0n) is 10.2. The van der Waals surface area contributed by atoms with E-state index in [2.05, 4.69) is 0 Å². The number of ketones is 1. The molecule has 0 bridgehead atoms. The predicted molar refractivity (Wildman–Crippen MR) is 64.3 cm³/mol. The monoisotopic (exact) mass is 250 g/mol. The third-order valence-electron chi connectivity index (χ3n) is 2.12. The summed E-state index contributed by atoms with van der Waals surface area (Å²) in [5.41, 5.74) is 0. The maximum Gasteiger partial charge on any atom is 0.152 e. The Morgan fingerprint density at radius 2 is 1.81 bits per heavy atom. The van der Waals surface area contributed by atoms with Crippen LogP contribution in [0.2, 0.25) is 0 Å². The fraction of sp³-hybridized carbons (Fsp3) is 0.909. The Labute approximate surface area is 98.3 Å². The van der Waals surface area contributed by atoms with Gasteiger partial charge in [-0.15, -0.1) is 0 Å². The molecule has 0 aromatic carbocycles. The summed E-state index contributed by atoms with van der Waals surface area (Å²) in [6, 6.07) is 0. The van der Waals surface area contributed by atoms with E-state index in [0.29, 0.717) is 19.4 Å². The number of unbranched alkanes of at least 4 members (excludes halogenated alkanes) is 1. The van der Waals surface area contributed by atoms with Crippen LogP contribution in [-0.2, 0) is 19.4 Å². The van der Waals surface area contributed by atoms with Crippen LogP contribution in [0.4, 0.5) is 0 Å². The highest BCUT2D eigenvalue weighted by Gasteiger charge is 2.08. The number of hydrogen-bond donors (Lipinski definition) is 0. The number of sulfone groups is 1. The van der Waals surface area contributed by atoms with Gasteiger partial charge in [-0.25, -0.2) is 8.42 Å². The first-order valence-electron chi connectivity index (χ1n) is 5.75. The van der Waals surface area contributed by atoms with E-state index < -0.39 is 9.84 Å². The van der Waals surface area contributed by atoms with Crippen molar-refractivity contribution in [2.24, 2.45) is 0 Å². The Bertz CT molecular complexity index is 282. The van der Waals surface area contributed by atoms with Crippen LogP contribution in [0.5, 0.6) is 0 Å². The van der Waals surface area contributed by atoms with Crippen molar-refractivity contribution in [1.82, 2.24) is 0 Å². The van der Waals surface area contributed by atoms with Crippen LogP contribution in [0, 0.1) is 0 Å². The lowest BCUT2D eigenvalue weighted by Crippen LogP contribution is -2.15. The number of ether oxygens (including phenoxy) is 1. The molecular formula is C11H22O4S. The molecule has 0 aliphatic rings. The molecule has 0 saturated carbocycles. The van der Waals surface area contributed by atoms with Crippen molar-refractivity contribution in [3.8, 4) is 0 Å². The number of carbonyl (C=O) groups excluding carboxylic acids is 1. The van der Waals surface area contributed by atoms with E-state index in [-0.39, 0.29) is 23.9 Å². The maximum atomic E-state index is 11.3. The van der Waals surface area contributed by atoms with Gasteiger partial charge in [-0.3, -0.25) is 0 Å². The summed E-state index contributed by atoms with van der Waals surface area (Å²) >= 11 is 0. The fourth-order valence-electron chi connectivity index (χ4n) is 1.28. The van der Waals surface area contributed by atoms with Gasteiger partial charge in [0.05, 0.1) is 12.4 Å². The Hall–Kier alpha value is -0.420. The van der Waals surface area contributed by atoms with Crippen molar-refractivity contribution >= 4 is 15.6 Å². The first-order valence-corrected chi connectivity index (χ1v) is 7.57. The fourth-order valence-corrected chi connectivity index (χ4v) is 2.48. The van der Waals surface area contributed by atoms with Gasteiger partial charge >= 0.3 is 0 Å². The van der Waals surface area contributed by atoms with E-state index in [4.69, 9.17) is 4.74 Å². The minimum atomic E-state index is -2.92. The number of hydrogen-bond acceptors (Lipinski definition) is 4. The molecule has 0 heterocycles. The first kappa shape index (κ1) is 15.6. The minimum absolute atomic E-state index is 0.105. The normalized spacial score (nSPS) is 11.6. The van der Waals surface area contributed by atoms with Crippen molar-refractivity contribution in [1.29, 1.82) is 0 Å². The molecule has 0 N–H and O–H groups in total. The van der Waals surface area contributed by atoms with E-state index in [9.17, 15) is 13.2 Å². The minimum Gasteiger partial charge on any atom is -0.380 e. The molecule has 0 aliphatic heterocycles. The van der Waals surface area contributed by atoms with Gasteiger partial charge in [0.1, 0.15) is 5.78 Å². The molecule has 0 unspecified atom stereocenters. The molecule has 0 aromatic heterocycles. The zero-order valence-corrected chi connectivity index (χ0v) is 11.0. The third-order valence-corrected chi connectivity index (χ3v) is 3.94.